The van der Waals surface area contributed by atoms with Crippen LogP contribution in [0.2, 0.25) is 0 Å². The number of aromatic carboxylic acids is 1. The van der Waals surface area contributed by atoms with Crippen LogP contribution in [0.1, 0.15) is 58.7 Å². The zero-order valence-corrected chi connectivity index (χ0v) is 16.2. The van der Waals surface area contributed by atoms with Crippen molar-refractivity contribution in [3.8, 4) is 0 Å². The number of carboxylic acids is 1. The molecule has 0 saturated carbocycles. The number of amides is 1. The Morgan fingerprint density at radius 1 is 1.29 bits per heavy atom. The Labute approximate surface area is 163 Å². The first-order valence-electron chi connectivity index (χ1n) is 9.58. The second-order valence-corrected chi connectivity index (χ2v) is 7.21. The number of likely N-dealkylation sites (tertiary alicyclic amines) is 1. The summed E-state index contributed by atoms with van der Waals surface area (Å²) in [4.78, 5) is 45.0. The molecule has 7 nitrogen and oxygen atoms in total. The monoisotopic (exact) mass is 383 g/mol. The molecule has 148 valence electrons. The van der Waals surface area contributed by atoms with E-state index in [9.17, 15) is 14.4 Å². The number of H-pyrrole nitrogens is 1. The molecule has 1 unspecified atom stereocenters. The molecule has 1 aliphatic heterocycles. The van der Waals surface area contributed by atoms with Gasteiger partial charge in [-0.05, 0) is 37.5 Å². The number of aryl methyl sites for hydroxylation is 2. The zero-order chi connectivity index (χ0) is 20.3. The van der Waals surface area contributed by atoms with E-state index in [0.717, 1.165) is 18.4 Å². The molecule has 1 aromatic heterocycles. The maximum atomic E-state index is 12.8. The zero-order valence-electron chi connectivity index (χ0n) is 16.2. The minimum atomic E-state index is -0.949. The highest BCUT2D eigenvalue weighted by Gasteiger charge is 2.26. The fraction of sp³-hybridized carbons (Fsp3) is 0.429. The number of piperidine rings is 1. The van der Waals surface area contributed by atoms with E-state index in [2.05, 4.69) is 9.97 Å². The number of aromatic nitrogens is 2. The molecule has 1 aliphatic rings. The molecule has 2 N–H and O–H groups in total. The van der Waals surface area contributed by atoms with E-state index in [1.165, 1.54) is 0 Å². The molecule has 1 fully saturated rings. The first kappa shape index (κ1) is 19.8. The van der Waals surface area contributed by atoms with Crippen LogP contribution in [0.15, 0.2) is 29.1 Å². The summed E-state index contributed by atoms with van der Waals surface area (Å²) in [6.07, 6.45) is 2.50. The third-order valence-electron chi connectivity index (χ3n) is 5.34. The molecule has 0 spiro atoms. The Balaban J connectivity index is 1.71. The van der Waals surface area contributed by atoms with Crippen molar-refractivity contribution in [3.05, 3.63) is 62.8 Å². The summed E-state index contributed by atoms with van der Waals surface area (Å²) in [5, 5.41) is 9.03. The molecular formula is C21H25N3O4. The normalized spacial score (nSPS) is 16.8. The number of hydrogen-bond donors (Lipinski definition) is 2. The Kier molecular flexibility index (Phi) is 5.92. The Morgan fingerprint density at radius 3 is 2.61 bits per heavy atom. The van der Waals surface area contributed by atoms with Gasteiger partial charge in [-0.25, -0.2) is 9.78 Å². The molecule has 1 atom stereocenters. The van der Waals surface area contributed by atoms with Crippen molar-refractivity contribution >= 4 is 11.9 Å². The highest BCUT2D eigenvalue weighted by atomic mass is 16.4. The third-order valence-corrected chi connectivity index (χ3v) is 5.34. The van der Waals surface area contributed by atoms with Crippen LogP contribution in [0.25, 0.3) is 0 Å². The van der Waals surface area contributed by atoms with Crippen LogP contribution in [0.4, 0.5) is 0 Å². The van der Waals surface area contributed by atoms with Crippen LogP contribution in [-0.4, -0.2) is 44.9 Å². The molecule has 1 saturated heterocycles. The van der Waals surface area contributed by atoms with Gasteiger partial charge >= 0.3 is 5.97 Å². The molecule has 1 aromatic carbocycles. The van der Waals surface area contributed by atoms with E-state index < -0.39 is 5.97 Å². The summed E-state index contributed by atoms with van der Waals surface area (Å²) >= 11 is 0. The molecule has 28 heavy (non-hydrogen) atoms. The van der Waals surface area contributed by atoms with E-state index >= 15 is 0 Å². The van der Waals surface area contributed by atoms with Crippen LogP contribution in [0.5, 0.6) is 0 Å². The van der Waals surface area contributed by atoms with Crippen LogP contribution >= 0.6 is 0 Å². The number of rotatable bonds is 5. The number of aromatic amines is 1. The lowest BCUT2D eigenvalue weighted by Crippen LogP contribution is -2.40. The van der Waals surface area contributed by atoms with Gasteiger partial charge in [0.25, 0.3) is 5.56 Å². The predicted octanol–water partition coefficient (Wildman–Crippen LogP) is 2.29. The quantitative estimate of drug-likeness (QED) is 0.824. The van der Waals surface area contributed by atoms with Crippen molar-refractivity contribution in [1.82, 2.24) is 14.9 Å². The molecular weight excluding hydrogens is 358 g/mol. The molecule has 7 heteroatoms. The van der Waals surface area contributed by atoms with Crippen molar-refractivity contribution in [2.24, 2.45) is 0 Å². The van der Waals surface area contributed by atoms with Gasteiger partial charge in [0.1, 0.15) is 5.82 Å². The van der Waals surface area contributed by atoms with Gasteiger partial charge in [0.15, 0.2) is 0 Å². The van der Waals surface area contributed by atoms with E-state index in [-0.39, 0.29) is 29.4 Å². The van der Waals surface area contributed by atoms with Gasteiger partial charge in [0, 0.05) is 36.7 Å². The lowest BCUT2D eigenvalue weighted by Gasteiger charge is -2.33. The summed E-state index contributed by atoms with van der Waals surface area (Å²) in [5.41, 5.74) is 2.08. The number of carbonyl (C=O) groups excluding carboxylic acids is 1. The number of nitrogens with one attached hydrogen (secondary N) is 1. The summed E-state index contributed by atoms with van der Waals surface area (Å²) in [5.74, 6) is -0.233. The average Bonchev–Trinajstić information content (AvgIpc) is 2.70. The van der Waals surface area contributed by atoms with Crippen LogP contribution in [0, 0.1) is 6.92 Å². The summed E-state index contributed by atoms with van der Waals surface area (Å²) in [6, 6.07) is 6.85. The minimum absolute atomic E-state index is 0.0445. The average molecular weight is 383 g/mol. The van der Waals surface area contributed by atoms with Crippen LogP contribution < -0.4 is 5.56 Å². The number of hydrogen-bond acceptors (Lipinski definition) is 4. The van der Waals surface area contributed by atoms with Crippen molar-refractivity contribution < 1.29 is 14.7 Å². The number of nitrogens with zero attached hydrogens (tertiary/aromatic N) is 2. The molecule has 2 aromatic rings. The first-order valence-corrected chi connectivity index (χ1v) is 9.58. The van der Waals surface area contributed by atoms with Gasteiger partial charge in [-0.15, -0.1) is 0 Å². The van der Waals surface area contributed by atoms with Gasteiger partial charge in [-0.3, -0.25) is 9.59 Å². The van der Waals surface area contributed by atoms with Gasteiger partial charge in [0.2, 0.25) is 5.91 Å². The molecule has 1 amide bonds. The van der Waals surface area contributed by atoms with E-state index in [4.69, 9.17) is 5.11 Å². The highest BCUT2D eigenvalue weighted by molar-refractivity contribution is 5.87. The van der Waals surface area contributed by atoms with E-state index in [1.807, 2.05) is 19.1 Å². The molecule has 0 bridgehead atoms. The second kappa shape index (κ2) is 8.37. The Bertz CT molecular complexity index is 934. The van der Waals surface area contributed by atoms with Crippen LogP contribution in [-0.2, 0) is 17.6 Å². The second-order valence-electron chi connectivity index (χ2n) is 7.21. The van der Waals surface area contributed by atoms with Gasteiger partial charge in [-0.1, -0.05) is 19.1 Å². The molecule has 3 rings (SSSR count). The smallest absolute Gasteiger partial charge is 0.335 e. The standard InChI is InChI=1S/C21H25N3O4/c1-3-18-22-13(2)17(20(26)23-18)11-19(25)24-10-4-5-16(12-24)14-6-8-15(9-7-14)21(27)28/h6-9,16H,3-5,10-12H2,1-2H3,(H,27,28)(H,22,23,26). The molecule has 0 aliphatic carbocycles. The van der Waals surface area contributed by atoms with Crippen molar-refractivity contribution in [2.75, 3.05) is 13.1 Å². The summed E-state index contributed by atoms with van der Waals surface area (Å²) < 4.78 is 0. The minimum Gasteiger partial charge on any atom is -0.478 e. The van der Waals surface area contributed by atoms with E-state index in [1.54, 1.807) is 24.0 Å². The molecule has 0 radical (unpaired) electrons. The first-order chi connectivity index (χ1) is 13.4. The Hall–Kier alpha value is -2.96. The maximum absolute atomic E-state index is 12.8. The third kappa shape index (κ3) is 4.30. The number of carbonyl (C=O) groups is 2. The maximum Gasteiger partial charge on any atom is 0.335 e. The van der Waals surface area contributed by atoms with Crippen molar-refractivity contribution in [3.63, 3.8) is 0 Å². The highest BCUT2D eigenvalue weighted by Crippen LogP contribution is 2.27. The fourth-order valence-electron chi connectivity index (χ4n) is 3.68. The van der Waals surface area contributed by atoms with Crippen LogP contribution in [0.3, 0.4) is 0 Å². The SMILES string of the molecule is CCc1nc(C)c(CC(=O)N2CCCC(c3ccc(C(=O)O)cc3)C2)c(=O)[nH]1. The van der Waals surface area contributed by atoms with Gasteiger partial charge < -0.3 is 15.0 Å². The van der Waals surface area contributed by atoms with Crippen molar-refractivity contribution in [2.45, 2.75) is 45.4 Å². The largest absolute Gasteiger partial charge is 0.478 e. The Morgan fingerprint density at radius 2 is 2.00 bits per heavy atom. The van der Waals surface area contributed by atoms with E-state index in [0.29, 0.717) is 36.6 Å². The lowest BCUT2D eigenvalue weighted by molar-refractivity contribution is -0.131. The van der Waals surface area contributed by atoms with Gasteiger partial charge in [0.05, 0.1) is 12.0 Å². The summed E-state index contributed by atoms with van der Waals surface area (Å²) in [6.45, 7) is 4.92. The predicted molar refractivity (Wildman–Crippen MR) is 105 cm³/mol. The molecule has 2 heterocycles. The summed E-state index contributed by atoms with van der Waals surface area (Å²) in [7, 11) is 0. The number of benzene rings is 1. The fourth-order valence-corrected chi connectivity index (χ4v) is 3.68. The van der Waals surface area contributed by atoms with Crippen molar-refractivity contribution in [1.29, 1.82) is 0 Å². The van der Waals surface area contributed by atoms with Gasteiger partial charge in [-0.2, -0.15) is 0 Å². The topological polar surface area (TPSA) is 103 Å². The lowest BCUT2D eigenvalue weighted by atomic mass is 9.90. The number of carboxylic acid groups (broad SMARTS) is 1.